The molecule has 0 radical (unpaired) electrons. The Morgan fingerprint density at radius 1 is 0.837 bits per heavy atom. The van der Waals surface area contributed by atoms with Crippen molar-refractivity contribution in [3.63, 3.8) is 0 Å². The van der Waals surface area contributed by atoms with Crippen LogP contribution in [0.2, 0.25) is 10.0 Å². The van der Waals surface area contributed by atoms with Crippen LogP contribution in [0.1, 0.15) is 22.3 Å². The molecule has 0 saturated heterocycles. The van der Waals surface area contributed by atoms with Crippen LogP contribution in [-0.4, -0.2) is 44.8 Å². The van der Waals surface area contributed by atoms with E-state index < -0.39 is 34.4 Å². The average molecular weight is 639 g/mol. The number of anilines is 1. The van der Waals surface area contributed by atoms with Gasteiger partial charge in [0.05, 0.1) is 10.6 Å². The van der Waals surface area contributed by atoms with Gasteiger partial charge in [-0.3, -0.25) is 13.9 Å². The molecular formula is C33H33Cl2N3O4S. The molecule has 4 aromatic carbocycles. The van der Waals surface area contributed by atoms with E-state index in [1.165, 1.54) is 24.1 Å². The molecule has 0 spiro atoms. The zero-order valence-corrected chi connectivity index (χ0v) is 26.5. The van der Waals surface area contributed by atoms with E-state index in [4.69, 9.17) is 23.2 Å². The van der Waals surface area contributed by atoms with Crippen LogP contribution in [0.25, 0.3) is 0 Å². The Morgan fingerprint density at radius 2 is 1.44 bits per heavy atom. The summed E-state index contributed by atoms with van der Waals surface area (Å²) in [6.07, 6.45) is 0.201. The lowest BCUT2D eigenvalue weighted by molar-refractivity contribution is -0.139. The van der Waals surface area contributed by atoms with Gasteiger partial charge < -0.3 is 10.2 Å². The molecule has 1 N–H and O–H groups in total. The number of hydrogen-bond donors (Lipinski definition) is 1. The van der Waals surface area contributed by atoms with Crippen molar-refractivity contribution in [2.24, 2.45) is 0 Å². The monoisotopic (exact) mass is 637 g/mol. The Labute approximate surface area is 263 Å². The van der Waals surface area contributed by atoms with E-state index >= 15 is 0 Å². The first-order chi connectivity index (χ1) is 20.5. The Balaban J connectivity index is 1.80. The lowest BCUT2D eigenvalue weighted by atomic mass is 10.0. The number of hydrogen-bond acceptors (Lipinski definition) is 4. The van der Waals surface area contributed by atoms with Crippen LogP contribution in [0.4, 0.5) is 5.69 Å². The second-order valence-corrected chi connectivity index (χ2v) is 12.9. The van der Waals surface area contributed by atoms with E-state index in [-0.39, 0.29) is 17.9 Å². The summed E-state index contributed by atoms with van der Waals surface area (Å²) in [6.45, 7) is 3.16. The van der Waals surface area contributed by atoms with Gasteiger partial charge in [-0.15, -0.1) is 0 Å². The fourth-order valence-electron chi connectivity index (χ4n) is 4.63. The van der Waals surface area contributed by atoms with Gasteiger partial charge in [0.1, 0.15) is 12.6 Å². The maximum absolute atomic E-state index is 14.3. The van der Waals surface area contributed by atoms with Crippen molar-refractivity contribution in [3.8, 4) is 0 Å². The zero-order valence-electron chi connectivity index (χ0n) is 24.1. The van der Waals surface area contributed by atoms with Crippen LogP contribution >= 0.6 is 23.2 Å². The molecule has 0 bridgehead atoms. The summed E-state index contributed by atoms with van der Waals surface area (Å²) in [5, 5.41) is 3.41. The van der Waals surface area contributed by atoms with E-state index in [0.717, 1.165) is 21.0 Å². The Morgan fingerprint density at radius 3 is 2.02 bits per heavy atom. The molecule has 0 saturated carbocycles. The predicted molar refractivity (Wildman–Crippen MR) is 172 cm³/mol. The molecule has 43 heavy (non-hydrogen) atoms. The molecule has 4 rings (SSSR count). The van der Waals surface area contributed by atoms with Crippen LogP contribution < -0.4 is 9.62 Å². The second-order valence-electron chi connectivity index (χ2n) is 10.2. The van der Waals surface area contributed by atoms with Crippen LogP contribution in [-0.2, 0) is 32.6 Å². The summed E-state index contributed by atoms with van der Waals surface area (Å²) in [6, 6.07) is 26.6. The van der Waals surface area contributed by atoms with Gasteiger partial charge in [0.25, 0.3) is 10.0 Å². The number of carbonyl (C=O) groups excluding carboxylic acids is 2. The van der Waals surface area contributed by atoms with Gasteiger partial charge in [-0.1, -0.05) is 95.0 Å². The number of rotatable bonds is 11. The molecule has 7 nitrogen and oxygen atoms in total. The molecule has 0 aliphatic rings. The summed E-state index contributed by atoms with van der Waals surface area (Å²) in [4.78, 5) is 29.1. The highest BCUT2D eigenvalue weighted by atomic mass is 35.5. The highest BCUT2D eigenvalue weighted by Gasteiger charge is 2.34. The quantitative estimate of drug-likeness (QED) is 0.212. The summed E-state index contributed by atoms with van der Waals surface area (Å²) in [5.74, 6) is -0.975. The maximum Gasteiger partial charge on any atom is 0.264 e. The van der Waals surface area contributed by atoms with Gasteiger partial charge >= 0.3 is 0 Å². The molecule has 224 valence electrons. The maximum atomic E-state index is 14.3. The third kappa shape index (κ3) is 7.96. The van der Waals surface area contributed by atoms with E-state index in [9.17, 15) is 18.0 Å². The average Bonchev–Trinajstić information content (AvgIpc) is 2.99. The van der Waals surface area contributed by atoms with E-state index in [1.54, 1.807) is 54.6 Å². The lowest BCUT2D eigenvalue weighted by Crippen LogP contribution is -2.53. The van der Waals surface area contributed by atoms with Gasteiger partial charge in [-0.25, -0.2) is 8.42 Å². The van der Waals surface area contributed by atoms with Crippen molar-refractivity contribution < 1.29 is 18.0 Å². The van der Waals surface area contributed by atoms with Crippen molar-refractivity contribution in [2.75, 3.05) is 17.9 Å². The molecule has 0 aliphatic heterocycles. The van der Waals surface area contributed by atoms with E-state index in [1.807, 2.05) is 44.2 Å². The number of aryl methyl sites for hydroxylation is 2. The molecule has 0 aromatic heterocycles. The van der Waals surface area contributed by atoms with Gasteiger partial charge in [-0.2, -0.15) is 0 Å². The van der Waals surface area contributed by atoms with E-state index in [2.05, 4.69) is 5.32 Å². The van der Waals surface area contributed by atoms with Gasteiger partial charge in [0, 0.05) is 30.1 Å². The molecular weight excluding hydrogens is 605 g/mol. The molecule has 0 heterocycles. The Hall–Kier alpha value is -3.85. The molecule has 0 unspecified atom stereocenters. The number of nitrogens with one attached hydrogen (secondary N) is 1. The standard InChI is InChI=1S/C33H33Cl2N3O4S/c1-23-9-15-28(16-10-23)38(43(41,42)29-17-11-24(2)12-18-29)22-32(39)37(21-26-13-14-27(34)20-30(26)35)31(33(40)36-3)19-25-7-5-4-6-8-25/h4-18,20,31H,19,21-22H2,1-3H3,(H,36,40)/t31-/m0/s1. The van der Waals surface area contributed by atoms with Crippen LogP contribution in [0, 0.1) is 13.8 Å². The Bertz CT molecular complexity index is 1680. The summed E-state index contributed by atoms with van der Waals surface area (Å²) in [7, 11) is -2.67. The second kappa shape index (κ2) is 14.1. The number of benzene rings is 4. The van der Waals surface area contributed by atoms with Gasteiger partial charge in [-0.05, 0) is 61.4 Å². The van der Waals surface area contributed by atoms with E-state index in [0.29, 0.717) is 21.3 Å². The first-order valence-corrected chi connectivity index (χ1v) is 15.8. The number of amides is 2. The van der Waals surface area contributed by atoms with Gasteiger partial charge in [0.2, 0.25) is 11.8 Å². The molecule has 0 aliphatic carbocycles. The zero-order chi connectivity index (χ0) is 31.1. The minimum atomic E-state index is -4.17. The number of carbonyl (C=O) groups is 2. The number of sulfonamides is 1. The molecule has 10 heteroatoms. The first kappa shape index (κ1) is 32.1. The van der Waals surface area contributed by atoms with Crippen molar-refractivity contribution in [1.82, 2.24) is 10.2 Å². The third-order valence-electron chi connectivity index (χ3n) is 7.08. The summed E-state index contributed by atoms with van der Waals surface area (Å²) < 4.78 is 29.1. The predicted octanol–water partition coefficient (Wildman–Crippen LogP) is 6.19. The lowest BCUT2D eigenvalue weighted by Gasteiger charge is -2.33. The van der Waals surface area contributed by atoms with Crippen LogP contribution in [0.15, 0.2) is 102 Å². The largest absolute Gasteiger partial charge is 0.357 e. The molecule has 1 atom stereocenters. The van der Waals surface area contributed by atoms with Crippen molar-refractivity contribution in [1.29, 1.82) is 0 Å². The van der Waals surface area contributed by atoms with Crippen molar-refractivity contribution in [2.45, 2.75) is 37.8 Å². The SMILES string of the molecule is CNC(=O)[C@H](Cc1ccccc1)N(Cc1ccc(Cl)cc1Cl)C(=O)CN(c1ccc(C)cc1)S(=O)(=O)c1ccc(C)cc1. The summed E-state index contributed by atoms with van der Waals surface area (Å²) >= 11 is 12.6. The van der Waals surface area contributed by atoms with Crippen molar-refractivity contribution >= 4 is 50.7 Å². The summed E-state index contributed by atoms with van der Waals surface area (Å²) in [5.41, 5.74) is 3.55. The minimum Gasteiger partial charge on any atom is -0.357 e. The number of nitrogens with zero attached hydrogens (tertiary/aromatic N) is 2. The van der Waals surface area contributed by atoms with Crippen LogP contribution in [0.3, 0.4) is 0 Å². The first-order valence-electron chi connectivity index (χ1n) is 13.6. The number of halogens is 2. The third-order valence-corrected chi connectivity index (χ3v) is 9.46. The fraction of sp³-hybridized carbons (Fsp3) is 0.212. The van der Waals surface area contributed by atoms with Crippen LogP contribution in [0.5, 0.6) is 0 Å². The minimum absolute atomic E-state index is 0.0471. The normalized spacial score (nSPS) is 11.9. The highest BCUT2D eigenvalue weighted by molar-refractivity contribution is 7.92. The molecule has 2 amide bonds. The van der Waals surface area contributed by atoms with Gasteiger partial charge in [0.15, 0.2) is 0 Å². The fourth-order valence-corrected chi connectivity index (χ4v) is 6.51. The Kier molecular flexibility index (Phi) is 10.5. The smallest absolute Gasteiger partial charge is 0.264 e. The highest BCUT2D eigenvalue weighted by Crippen LogP contribution is 2.27. The molecule has 4 aromatic rings. The number of likely N-dealkylation sites (N-methyl/N-ethyl adjacent to an activating group) is 1. The topological polar surface area (TPSA) is 86.8 Å². The van der Waals surface area contributed by atoms with Crippen molar-refractivity contribution in [3.05, 3.63) is 129 Å². The molecule has 0 fully saturated rings.